The third-order valence-electron chi connectivity index (χ3n) is 4.67. The van der Waals surface area contributed by atoms with Crippen LogP contribution in [-0.2, 0) is 16.9 Å². The van der Waals surface area contributed by atoms with Gasteiger partial charge in [-0.25, -0.2) is 14.8 Å². The number of aliphatic carboxylic acids is 1. The first-order valence-electron chi connectivity index (χ1n) is 8.65. The first-order valence-corrected chi connectivity index (χ1v) is 8.65. The molecule has 0 spiro atoms. The van der Waals surface area contributed by atoms with E-state index in [-0.39, 0.29) is 0 Å². The number of rotatable bonds is 7. The molecular weight excluding hydrogens is 320 g/mol. The van der Waals surface area contributed by atoms with E-state index in [4.69, 9.17) is 0 Å². The van der Waals surface area contributed by atoms with Crippen molar-refractivity contribution < 1.29 is 9.90 Å². The van der Waals surface area contributed by atoms with E-state index in [1.165, 1.54) is 0 Å². The highest BCUT2D eigenvalue weighted by molar-refractivity contribution is 5.76. The summed E-state index contributed by atoms with van der Waals surface area (Å²) in [7, 11) is 0. The Bertz CT molecular complexity index is 678. The standard InChI is InChI=1S/C17H24N6O2/c1-2-6-18-16-19-11-14(12-20-16)13-22-9-4-17(5-10-22,15(24)25)23-8-3-7-21-23/h3,7-8,11-12H,2,4-6,9-10,13H2,1H3,(H,24,25)(H,18,19,20). The summed E-state index contributed by atoms with van der Waals surface area (Å²) in [5.74, 6) is -0.168. The summed E-state index contributed by atoms with van der Waals surface area (Å²) in [6, 6.07) is 1.77. The number of anilines is 1. The molecule has 1 aliphatic heterocycles. The van der Waals surface area contributed by atoms with Crippen molar-refractivity contribution in [1.82, 2.24) is 24.6 Å². The van der Waals surface area contributed by atoms with E-state index in [0.29, 0.717) is 31.9 Å². The maximum absolute atomic E-state index is 11.9. The number of aromatic nitrogens is 4. The van der Waals surface area contributed by atoms with Crippen LogP contribution in [0, 0.1) is 0 Å². The Morgan fingerprint density at radius 3 is 2.60 bits per heavy atom. The van der Waals surface area contributed by atoms with Crippen LogP contribution in [0.3, 0.4) is 0 Å². The van der Waals surface area contributed by atoms with E-state index < -0.39 is 11.5 Å². The van der Waals surface area contributed by atoms with Gasteiger partial charge in [0.25, 0.3) is 0 Å². The van der Waals surface area contributed by atoms with Gasteiger partial charge in [0.1, 0.15) is 0 Å². The molecule has 2 aromatic heterocycles. The van der Waals surface area contributed by atoms with Crippen molar-refractivity contribution in [3.05, 3.63) is 36.4 Å². The second kappa shape index (κ2) is 7.60. The molecule has 8 nitrogen and oxygen atoms in total. The number of carbonyl (C=O) groups is 1. The minimum Gasteiger partial charge on any atom is -0.479 e. The molecule has 0 unspecified atom stereocenters. The van der Waals surface area contributed by atoms with Crippen LogP contribution in [0.2, 0.25) is 0 Å². The van der Waals surface area contributed by atoms with Crippen molar-refractivity contribution in [3.63, 3.8) is 0 Å². The van der Waals surface area contributed by atoms with Gasteiger partial charge in [-0.3, -0.25) is 9.58 Å². The van der Waals surface area contributed by atoms with Crippen LogP contribution in [0.15, 0.2) is 30.9 Å². The normalized spacial score (nSPS) is 17.3. The van der Waals surface area contributed by atoms with Crippen molar-refractivity contribution in [1.29, 1.82) is 0 Å². The first kappa shape index (κ1) is 17.3. The van der Waals surface area contributed by atoms with Gasteiger partial charge in [-0.1, -0.05) is 6.92 Å². The van der Waals surface area contributed by atoms with Gasteiger partial charge in [-0.2, -0.15) is 5.10 Å². The van der Waals surface area contributed by atoms with Gasteiger partial charge in [-0.05, 0) is 25.3 Å². The number of hydrogen-bond acceptors (Lipinski definition) is 6. The molecule has 1 aliphatic rings. The van der Waals surface area contributed by atoms with Gasteiger partial charge in [0, 0.05) is 56.5 Å². The average Bonchev–Trinajstić information content (AvgIpc) is 3.17. The molecule has 1 fully saturated rings. The minimum atomic E-state index is -0.940. The number of carboxylic acid groups (broad SMARTS) is 1. The fraction of sp³-hybridized carbons (Fsp3) is 0.529. The summed E-state index contributed by atoms with van der Waals surface area (Å²) in [5.41, 5.74) is 0.0914. The number of hydrogen-bond donors (Lipinski definition) is 2. The maximum atomic E-state index is 11.9. The Hall–Kier alpha value is -2.48. The number of carboxylic acids is 1. The van der Waals surface area contributed by atoms with Crippen LogP contribution in [-0.4, -0.2) is 55.4 Å². The Balaban J connectivity index is 1.59. The fourth-order valence-electron chi connectivity index (χ4n) is 3.17. The lowest BCUT2D eigenvalue weighted by Crippen LogP contribution is -2.51. The molecule has 134 valence electrons. The van der Waals surface area contributed by atoms with E-state index in [0.717, 1.165) is 25.1 Å². The number of piperidine rings is 1. The van der Waals surface area contributed by atoms with Gasteiger partial charge >= 0.3 is 5.97 Å². The third-order valence-corrected chi connectivity index (χ3v) is 4.67. The molecule has 2 aromatic rings. The molecule has 2 N–H and O–H groups in total. The van der Waals surface area contributed by atoms with Crippen molar-refractivity contribution in [2.24, 2.45) is 0 Å². The molecule has 0 aliphatic carbocycles. The second-order valence-electron chi connectivity index (χ2n) is 6.41. The van der Waals surface area contributed by atoms with Crippen LogP contribution < -0.4 is 5.32 Å². The Morgan fingerprint density at radius 1 is 1.32 bits per heavy atom. The topological polar surface area (TPSA) is 96.2 Å². The predicted octanol–water partition coefficient (Wildman–Crippen LogP) is 1.57. The zero-order valence-corrected chi connectivity index (χ0v) is 14.4. The lowest BCUT2D eigenvalue weighted by molar-refractivity contribution is -0.151. The quantitative estimate of drug-likeness (QED) is 0.787. The molecule has 3 heterocycles. The van der Waals surface area contributed by atoms with Crippen molar-refractivity contribution >= 4 is 11.9 Å². The largest absolute Gasteiger partial charge is 0.479 e. The van der Waals surface area contributed by atoms with Crippen molar-refractivity contribution in [2.75, 3.05) is 25.0 Å². The molecule has 0 radical (unpaired) electrons. The molecule has 0 aromatic carbocycles. The predicted molar refractivity (Wildman–Crippen MR) is 93.2 cm³/mol. The molecule has 3 rings (SSSR count). The smallest absolute Gasteiger partial charge is 0.331 e. The highest BCUT2D eigenvalue weighted by Crippen LogP contribution is 2.30. The van der Waals surface area contributed by atoms with Crippen molar-refractivity contribution in [3.8, 4) is 0 Å². The zero-order chi connectivity index (χ0) is 17.7. The van der Waals surface area contributed by atoms with Gasteiger partial charge in [0.15, 0.2) is 5.54 Å². The third kappa shape index (κ3) is 3.79. The van der Waals surface area contributed by atoms with Crippen molar-refractivity contribution in [2.45, 2.75) is 38.3 Å². The highest BCUT2D eigenvalue weighted by atomic mass is 16.4. The summed E-state index contributed by atoms with van der Waals surface area (Å²) in [5, 5.41) is 17.1. The Kier molecular flexibility index (Phi) is 5.28. The van der Waals surface area contributed by atoms with E-state index in [1.54, 1.807) is 23.1 Å². The SMILES string of the molecule is CCCNc1ncc(CN2CCC(C(=O)O)(n3cccn3)CC2)cn1. The number of nitrogens with one attached hydrogen (secondary N) is 1. The maximum Gasteiger partial charge on any atom is 0.331 e. The molecule has 0 amide bonds. The van der Waals surface area contributed by atoms with Crippen LogP contribution in [0.4, 0.5) is 5.95 Å². The minimum absolute atomic E-state index is 0.529. The number of nitrogens with zero attached hydrogens (tertiary/aromatic N) is 5. The molecule has 1 saturated heterocycles. The molecule has 0 bridgehead atoms. The van der Waals surface area contributed by atoms with Crippen LogP contribution in [0.25, 0.3) is 0 Å². The van der Waals surface area contributed by atoms with Gasteiger partial charge in [-0.15, -0.1) is 0 Å². The van der Waals surface area contributed by atoms with E-state index in [9.17, 15) is 9.90 Å². The van der Waals surface area contributed by atoms with E-state index >= 15 is 0 Å². The molecule has 0 saturated carbocycles. The van der Waals surface area contributed by atoms with Gasteiger partial charge in [0.2, 0.25) is 5.95 Å². The Labute approximate surface area is 146 Å². The summed E-state index contributed by atoms with van der Waals surface area (Å²) in [6.45, 7) is 5.07. The molecular formula is C17H24N6O2. The summed E-state index contributed by atoms with van der Waals surface area (Å²) >= 11 is 0. The second-order valence-corrected chi connectivity index (χ2v) is 6.41. The Morgan fingerprint density at radius 2 is 2.04 bits per heavy atom. The van der Waals surface area contributed by atoms with E-state index in [1.807, 2.05) is 12.4 Å². The molecule has 0 atom stereocenters. The first-order chi connectivity index (χ1) is 12.1. The molecule has 25 heavy (non-hydrogen) atoms. The fourth-order valence-corrected chi connectivity index (χ4v) is 3.17. The monoisotopic (exact) mass is 344 g/mol. The zero-order valence-electron chi connectivity index (χ0n) is 14.4. The number of likely N-dealkylation sites (tertiary alicyclic amines) is 1. The summed E-state index contributed by atoms with van der Waals surface area (Å²) in [6.07, 6.45) is 9.11. The van der Waals surface area contributed by atoms with Crippen LogP contribution in [0.5, 0.6) is 0 Å². The van der Waals surface area contributed by atoms with Gasteiger partial charge < -0.3 is 10.4 Å². The highest BCUT2D eigenvalue weighted by Gasteiger charge is 2.43. The average molecular weight is 344 g/mol. The lowest BCUT2D eigenvalue weighted by atomic mass is 9.87. The van der Waals surface area contributed by atoms with Crippen LogP contribution >= 0.6 is 0 Å². The molecule has 8 heteroatoms. The van der Waals surface area contributed by atoms with E-state index in [2.05, 4.69) is 32.2 Å². The summed E-state index contributed by atoms with van der Waals surface area (Å²) in [4.78, 5) is 22.7. The lowest BCUT2D eigenvalue weighted by Gasteiger charge is -2.38. The van der Waals surface area contributed by atoms with Gasteiger partial charge in [0.05, 0.1) is 0 Å². The summed E-state index contributed by atoms with van der Waals surface area (Å²) < 4.78 is 1.59. The van der Waals surface area contributed by atoms with Crippen LogP contribution in [0.1, 0.15) is 31.7 Å².